The van der Waals surface area contributed by atoms with Crippen molar-refractivity contribution in [1.29, 1.82) is 0 Å². The average Bonchev–Trinajstić information content (AvgIpc) is 3.70. The van der Waals surface area contributed by atoms with Gasteiger partial charge in [0.1, 0.15) is 12.3 Å². The first-order chi connectivity index (χ1) is 15.0. The molecule has 2 saturated heterocycles. The van der Waals surface area contributed by atoms with Crippen LogP contribution >= 0.6 is 0 Å². The number of ether oxygens (including phenoxy) is 2. The van der Waals surface area contributed by atoms with E-state index < -0.39 is 12.3 Å². The van der Waals surface area contributed by atoms with Crippen molar-refractivity contribution in [2.75, 3.05) is 6.61 Å². The molecule has 0 spiro atoms. The molecule has 2 heterocycles. The van der Waals surface area contributed by atoms with Crippen LogP contribution in [0.5, 0.6) is 0 Å². The molecule has 0 amide bonds. The predicted molar refractivity (Wildman–Crippen MR) is 128 cm³/mol. The van der Waals surface area contributed by atoms with Gasteiger partial charge in [0.2, 0.25) is 0 Å². The van der Waals surface area contributed by atoms with Gasteiger partial charge in [0.15, 0.2) is 0 Å². The predicted octanol–water partition coefficient (Wildman–Crippen LogP) is 6.75. The van der Waals surface area contributed by atoms with E-state index in [0.29, 0.717) is 31.2 Å². The molecule has 2 aliphatic heterocycles. The fourth-order valence-electron chi connectivity index (χ4n) is 3.61. The summed E-state index contributed by atoms with van der Waals surface area (Å²) in [5.41, 5.74) is 0. The third-order valence-electron chi connectivity index (χ3n) is 6.06. The van der Waals surface area contributed by atoms with Crippen molar-refractivity contribution in [3.8, 4) is 0 Å². The minimum absolute atomic E-state index is 0.178. The molecule has 0 aromatic rings. The number of hydrogen-bond donors (Lipinski definition) is 2. The number of aliphatic hydroxyl groups is 2. The van der Waals surface area contributed by atoms with Crippen molar-refractivity contribution < 1.29 is 24.1 Å². The van der Waals surface area contributed by atoms with Crippen LogP contribution in [0.25, 0.3) is 0 Å². The van der Waals surface area contributed by atoms with Crippen molar-refractivity contribution >= 4 is 0 Å². The zero-order valence-electron chi connectivity index (χ0n) is 21.2. The van der Waals surface area contributed by atoms with Crippen molar-refractivity contribution in [2.24, 2.45) is 0 Å². The fraction of sp³-hybridized carbons (Fsp3) is 1.00. The van der Waals surface area contributed by atoms with Gasteiger partial charge in [-0.3, -0.25) is 0 Å². The summed E-state index contributed by atoms with van der Waals surface area (Å²) < 4.78 is 23.4. The van der Waals surface area contributed by atoms with Crippen LogP contribution < -0.4 is 0 Å². The van der Waals surface area contributed by atoms with E-state index in [2.05, 4.69) is 27.7 Å². The Kier molecular flexibility index (Phi) is 20.2. The van der Waals surface area contributed by atoms with Gasteiger partial charge in [0, 0.05) is 0 Å². The first kappa shape index (κ1) is 30.8. The maximum atomic E-state index is 12.9. The summed E-state index contributed by atoms with van der Waals surface area (Å²) in [6.07, 6.45) is 15.7. The van der Waals surface area contributed by atoms with Crippen LogP contribution in [0.4, 0.5) is 4.39 Å². The third kappa shape index (κ3) is 17.0. The van der Waals surface area contributed by atoms with Gasteiger partial charge >= 0.3 is 0 Å². The highest BCUT2D eigenvalue weighted by atomic mass is 19.1. The molecule has 6 unspecified atom stereocenters. The standard InChI is InChI=1S/C9H19FO.C9H18O.C8H16O2/c1-3-5-6-7-8(10)9(11)4-2;1-3-5-6-7-9-8(4-2)10-9;1-2-3-4-5-7-8(6-9)10-7/h8-9,11H,3-7H2,1-2H3;8-9H,3-7H2,1-2H3;7-9H,2-6H2,1H3. The van der Waals surface area contributed by atoms with Crippen LogP contribution in [0.15, 0.2) is 0 Å². The lowest BCUT2D eigenvalue weighted by Gasteiger charge is -2.12. The van der Waals surface area contributed by atoms with Gasteiger partial charge in [-0.25, -0.2) is 4.39 Å². The topological polar surface area (TPSA) is 65.5 Å². The van der Waals surface area contributed by atoms with Crippen LogP contribution in [-0.2, 0) is 9.47 Å². The lowest BCUT2D eigenvalue weighted by Crippen LogP contribution is -2.20. The number of hydrogen-bond acceptors (Lipinski definition) is 4. The zero-order valence-corrected chi connectivity index (χ0v) is 21.2. The van der Waals surface area contributed by atoms with E-state index in [1.54, 1.807) is 6.92 Å². The van der Waals surface area contributed by atoms with Gasteiger partial charge in [0.05, 0.1) is 31.0 Å². The Hall–Kier alpha value is -0.230. The molecule has 2 fully saturated rings. The summed E-state index contributed by atoms with van der Waals surface area (Å²) in [6, 6.07) is 0. The zero-order chi connectivity index (χ0) is 23.5. The highest BCUT2D eigenvalue weighted by molar-refractivity contribution is 4.83. The second-order valence-corrected chi connectivity index (χ2v) is 9.00. The Morgan fingerprint density at radius 2 is 1.19 bits per heavy atom. The van der Waals surface area contributed by atoms with Gasteiger partial charge in [-0.15, -0.1) is 0 Å². The summed E-state index contributed by atoms with van der Waals surface area (Å²) in [6.45, 7) is 10.7. The summed E-state index contributed by atoms with van der Waals surface area (Å²) in [4.78, 5) is 0. The van der Waals surface area contributed by atoms with Crippen LogP contribution in [0.1, 0.15) is 125 Å². The highest BCUT2D eigenvalue weighted by Gasteiger charge is 2.37. The van der Waals surface area contributed by atoms with Crippen LogP contribution in [0, 0.1) is 0 Å². The first-order valence-electron chi connectivity index (χ1n) is 13.2. The van der Waals surface area contributed by atoms with Crippen molar-refractivity contribution in [1.82, 2.24) is 0 Å². The summed E-state index contributed by atoms with van der Waals surface area (Å²) in [5.74, 6) is 0. The summed E-state index contributed by atoms with van der Waals surface area (Å²) in [7, 11) is 0. The second kappa shape index (κ2) is 20.4. The SMILES string of the molecule is CCCCCC(F)C(O)CC.CCCCCC1OC1CC.CCCCCC1OC1CO. The molecule has 0 aromatic heterocycles. The Labute approximate surface area is 192 Å². The smallest absolute Gasteiger partial charge is 0.126 e. The molecule has 2 N–H and O–H groups in total. The van der Waals surface area contributed by atoms with E-state index >= 15 is 0 Å². The van der Waals surface area contributed by atoms with E-state index in [9.17, 15) is 4.39 Å². The Morgan fingerprint density at radius 3 is 1.58 bits per heavy atom. The summed E-state index contributed by atoms with van der Waals surface area (Å²) in [5, 5.41) is 17.7. The molecule has 0 radical (unpaired) electrons. The number of alkyl halides is 1. The van der Waals surface area contributed by atoms with E-state index in [1.807, 2.05) is 0 Å². The second-order valence-electron chi connectivity index (χ2n) is 9.00. The third-order valence-corrected chi connectivity index (χ3v) is 6.06. The minimum Gasteiger partial charge on any atom is -0.394 e. The quantitative estimate of drug-likeness (QED) is 0.202. The molecule has 31 heavy (non-hydrogen) atoms. The molecule has 0 saturated carbocycles. The Bertz CT molecular complexity index is 358. The molecular formula is C26H53FO4. The monoisotopic (exact) mass is 448 g/mol. The lowest BCUT2D eigenvalue weighted by molar-refractivity contribution is 0.0682. The molecular weight excluding hydrogens is 395 g/mol. The van der Waals surface area contributed by atoms with Gasteiger partial charge in [-0.1, -0.05) is 92.4 Å². The number of aliphatic hydroxyl groups excluding tert-OH is 2. The minimum atomic E-state index is -1.01. The van der Waals surface area contributed by atoms with E-state index in [0.717, 1.165) is 25.7 Å². The Morgan fingerprint density at radius 1 is 0.710 bits per heavy atom. The normalized spacial score (nSPS) is 25.5. The lowest BCUT2D eigenvalue weighted by atomic mass is 10.1. The molecule has 4 nitrogen and oxygen atoms in total. The van der Waals surface area contributed by atoms with Gasteiger partial charge in [-0.05, 0) is 32.1 Å². The average molecular weight is 449 g/mol. The van der Waals surface area contributed by atoms with Crippen molar-refractivity contribution in [3.05, 3.63) is 0 Å². The molecule has 0 aromatic carbocycles. The van der Waals surface area contributed by atoms with Crippen molar-refractivity contribution in [2.45, 2.75) is 161 Å². The molecule has 2 rings (SSSR count). The van der Waals surface area contributed by atoms with Crippen LogP contribution in [0.3, 0.4) is 0 Å². The van der Waals surface area contributed by atoms with E-state index in [-0.39, 0.29) is 12.7 Å². The maximum absolute atomic E-state index is 12.9. The van der Waals surface area contributed by atoms with E-state index in [4.69, 9.17) is 19.7 Å². The Balaban J connectivity index is 0.000000436. The first-order valence-corrected chi connectivity index (χ1v) is 13.2. The largest absolute Gasteiger partial charge is 0.394 e. The number of epoxide rings is 2. The molecule has 0 aliphatic carbocycles. The van der Waals surface area contributed by atoms with E-state index in [1.165, 1.54) is 51.4 Å². The molecule has 2 aliphatic rings. The number of unbranched alkanes of at least 4 members (excludes halogenated alkanes) is 6. The molecule has 188 valence electrons. The van der Waals surface area contributed by atoms with Crippen LogP contribution in [-0.4, -0.2) is 53.5 Å². The molecule has 5 heteroatoms. The fourth-order valence-corrected chi connectivity index (χ4v) is 3.61. The van der Waals surface area contributed by atoms with Crippen molar-refractivity contribution in [3.63, 3.8) is 0 Å². The number of rotatable bonds is 16. The maximum Gasteiger partial charge on any atom is 0.126 e. The van der Waals surface area contributed by atoms with Gasteiger partial charge in [0.25, 0.3) is 0 Å². The number of halogens is 1. The van der Waals surface area contributed by atoms with Crippen LogP contribution in [0.2, 0.25) is 0 Å². The highest BCUT2D eigenvalue weighted by Crippen LogP contribution is 2.29. The molecule has 6 atom stereocenters. The summed E-state index contributed by atoms with van der Waals surface area (Å²) >= 11 is 0. The van der Waals surface area contributed by atoms with Gasteiger partial charge < -0.3 is 19.7 Å². The van der Waals surface area contributed by atoms with Gasteiger partial charge in [-0.2, -0.15) is 0 Å². The molecule has 0 bridgehead atoms.